The van der Waals surface area contributed by atoms with Gasteiger partial charge in [0, 0.05) is 25.8 Å². The van der Waals surface area contributed by atoms with E-state index in [-0.39, 0.29) is 0 Å². The van der Waals surface area contributed by atoms with Gasteiger partial charge in [-0.15, -0.1) is 0 Å². The van der Waals surface area contributed by atoms with E-state index < -0.39 is 0 Å². The molecular weight excluding hydrogens is 224 g/mol. The quantitative estimate of drug-likeness (QED) is 0.812. The summed E-state index contributed by atoms with van der Waals surface area (Å²) >= 11 is 0. The van der Waals surface area contributed by atoms with E-state index in [1.54, 1.807) is 6.20 Å². The Morgan fingerprint density at radius 3 is 2.78 bits per heavy atom. The van der Waals surface area contributed by atoms with Crippen LogP contribution in [0.4, 0.5) is 5.69 Å². The van der Waals surface area contributed by atoms with Gasteiger partial charge in [-0.3, -0.25) is 0 Å². The number of rotatable bonds is 3. The number of anilines is 1. The predicted octanol–water partition coefficient (Wildman–Crippen LogP) is 1.73. The Bertz CT molecular complexity index is 428. The Kier molecular flexibility index (Phi) is 4.16. The molecule has 18 heavy (non-hydrogen) atoms. The zero-order valence-corrected chi connectivity index (χ0v) is 11.1. The lowest BCUT2D eigenvalue weighted by atomic mass is 9.96. The number of nitrogens with zero attached hydrogens (tertiary/aromatic N) is 4. The molecule has 0 unspecified atom stereocenters. The van der Waals surface area contributed by atoms with Crippen molar-refractivity contribution in [1.82, 2.24) is 9.88 Å². The largest absolute Gasteiger partial charge is 0.369 e. The molecule has 1 saturated heterocycles. The van der Waals surface area contributed by atoms with Crippen LogP contribution in [0.25, 0.3) is 0 Å². The SMILES string of the molecule is CN(C)CC1CCN(c2cccnc2C#N)CC1. The molecule has 0 radical (unpaired) electrons. The van der Waals surface area contributed by atoms with Crippen molar-refractivity contribution < 1.29 is 0 Å². The maximum absolute atomic E-state index is 9.07. The Morgan fingerprint density at radius 1 is 1.44 bits per heavy atom. The molecule has 0 saturated carbocycles. The molecule has 96 valence electrons. The minimum Gasteiger partial charge on any atom is -0.369 e. The minimum absolute atomic E-state index is 0.545. The van der Waals surface area contributed by atoms with Gasteiger partial charge in [-0.1, -0.05) is 0 Å². The second-order valence-corrected chi connectivity index (χ2v) is 5.18. The monoisotopic (exact) mass is 244 g/mol. The number of hydrogen-bond donors (Lipinski definition) is 0. The van der Waals surface area contributed by atoms with Crippen molar-refractivity contribution in [3.05, 3.63) is 24.0 Å². The van der Waals surface area contributed by atoms with Gasteiger partial charge < -0.3 is 9.80 Å². The average Bonchev–Trinajstić information content (AvgIpc) is 2.39. The van der Waals surface area contributed by atoms with E-state index in [4.69, 9.17) is 5.26 Å². The number of hydrogen-bond acceptors (Lipinski definition) is 4. The highest BCUT2D eigenvalue weighted by Gasteiger charge is 2.21. The van der Waals surface area contributed by atoms with E-state index >= 15 is 0 Å². The third kappa shape index (κ3) is 2.99. The predicted molar refractivity (Wildman–Crippen MR) is 72.4 cm³/mol. The van der Waals surface area contributed by atoms with Crippen LogP contribution in [0.15, 0.2) is 18.3 Å². The van der Waals surface area contributed by atoms with Gasteiger partial charge in [-0.25, -0.2) is 4.98 Å². The van der Waals surface area contributed by atoms with E-state index in [0.717, 1.165) is 31.2 Å². The van der Waals surface area contributed by atoms with Crippen LogP contribution in [0.3, 0.4) is 0 Å². The molecule has 1 aliphatic heterocycles. The van der Waals surface area contributed by atoms with E-state index in [1.807, 2.05) is 12.1 Å². The van der Waals surface area contributed by atoms with Crippen molar-refractivity contribution in [3.8, 4) is 6.07 Å². The zero-order valence-electron chi connectivity index (χ0n) is 11.1. The maximum atomic E-state index is 9.07. The van der Waals surface area contributed by atoms with Crippen LogP contribution in [0.5, 0.6) is 0 Å². The summed E-state index contributed by atoms with van der Waals surface area (Å²) in [6.07, 6.45) is 4.07. The van der Waals surface area contributed by atoms with Crippen molar-refractivity contribution >= 4 is 5.69 Å². The van der Waals surface area contributed by atoms with Crippen LogP contribution in [-0.2, 0) is 0 Å². The van der Waals surface area contributed by atoms with Gasteiger partial charge in [-0.2, -0.15) is 5.26 Å². The molecule has 4 nitrogen and oxygen atoms in total. The average molecular weight is 244 g/mol. The fraction of sp³-hybridized carbons (Fsp3) is 0.571. The van der Waals surface area contributed by atoms with Crippen molar-refractivity contribution in [3.63, 3.8) is 0 Å². The summed E-state index contributed by atoms with van der Waals surface area (Å²) in [5.74, 6) is 0.776. The van der Waals surface area contributed by atoms with E-state index in [0.29, 0.717) is 5.69 Å². The summed E-state index contributed by atoms with van der Waals surface area (Å²) in [5.41, 5.74) is 1.53. The third-order valence-electron chi connectivity index (χ3n) is 3.47. The van der Waals surface area contributed by atoms with Crippen molar-refractivity contribution in [1.29, 1.82) is 5.26 Å². The van der Waals surface area contributed by atoms with Gasteiger partial charge in [0.05, 0.1) is 5.69 Å². The van der Waals surface area contributed by atoms with Crippen molar-refractivity contribution in [2.75, 3.05) is 38.6 Å². The van der Waals surface area contributed by atoms with E-state index in [1.165, 1.54) is 12.8 Å². The fourth-order valence-electron chi connectivity index (χ4n) is 2.61. The van der Waals surface area contributed by atoms with Crippen LogP contribution < -0.4 is 4.90 Å². The van der Waals surface area contributed by atoms with Gasteiger partial charge in [0.15, 0.2) is 5.69 Å². The Balaban J connectivity index is 1.99. The van der Waals surface area contributed by atoms with E-state index in [2.05, 4.69) is 34.9 Å². The molecule has 0 aromatic carbocycles. The van der Waals surface area contributed by atoms with Crippen LogP contribution in [0.2, 0.25) is 0 Å². The first-order chi connectivity index (χ1) is 8.70. The number of piperidine rings is 1. The number of aromatic nitrogens is 1. The van der Waals surface area contributed by atoms with Crippen LogP contribution in [0.1, 0.15) is 18.5 Å². The summed E-state index contributed by atoms with van der Waals surface area (Å²) in [4.78, 5) is 8.67. The summed E-state index contributed by atoms with van der Waals surface area (Å²) in [6, 6.07) is 6.08. The first-order valence-corrected chi connectivity index (χ1v) is 6.45. The molecule has 0 atom stereocenters. The van der Waals surface area contributed by atoms with Crippen LogP contribution in [0, 0.1) is 17.2 Å². The molecule has 0 amide bonds. The van der Waals surface area contributed by atoms with Crippen LogP contribution >= 0.6 is 0 Å². The standard InChI is InChI=1S/C14H20N4/c1-17(2)11-12-5-8-18(9-6-12)14-4-3-7-16-13(14)10-15/h3-4,7,12H,5-6,8-9,11H2,1-2H3. The molecule has 0 spiro atoms. The summed E-state index contributed by atoms with van der Waals surface area (Å²) in [6.45, 7) is 3.21. The number of pyridine rings is 1. The van der Waals surface area contributed by atoms with Crippen molar-refractivity contribution in [2.45, 2.75) is 12.8 Å². The topological polar surface area (TPSA) is 43.2 Å². The Hall–Kier alpha value is -1.60. The highest BCUT2D eigenvalue weighted by Crippen LogP contribution is 2.25. The van der Waals surface area contributed by atoms with Gasteiger partial charge >= 0.3 is 0 Å². The Morgan fingerprint density at radius 2 is 2.17 bits per heavy atom. The minimum atomic E-state index is 0.545. The first-order valence-electron chi connectivity index (χ1n) is 6.45. The molecule has 4 heteroatoms. The first kappa shape index (κ1) is 12.8. The molecule has 2 heterocycles. The normalized spacial score (nSPS) is 16.9. The lowest BCUT2D eigenvalue weighted by molar-refractivity contribution is 0.285. The third-order valence-corrected chi connectivity index (χ3v) is 3.47. The molecule has 0 bridgehead atoms. The molecule has 1 aliphatic rings. The molecule has 0 N–H and O–H groups in total. The maximum Gasteiger partial charge on any atom is 0.163 e. The van der Waals surface area contributed by atoms with Gasteiger partial charge in [-0.05, 0) is 45.0 Å². The molecule has 1 fully saturated rings. The second kappa shape index (κ2) is 5.83. The molecule has 0 aliphatic carbocycles. The van der Waals surface area contributed by atoms with E-state index in [9.17, 15) is 0 Å². The lowest BCUT2D eigenvalue weighted by Gasteiger charge is -2.34. The summed E-state index contributed by atoms with van der Waals surface area (Å²) < 4.78 is 0. The highest BCUT2D eigenvalue weighted by molar-refractivity contribution is 5.55. The highest BCUT2D eigenvalue weighted by atomic mass is 15.1. The number of nitriles is 1. The van der Waals surface area contributed by atoms with Gasteiger partial charge in [0.2, 0.25) is 0 Å². The summed E-state index contributed by atoms with van der Waals surface area (Å²) in [7, 11) is 4.25. The van der Waals surface area contributed by atoms with Crippen LogP contribution in [-0.4, -0.2) is 43.6 Å². The molecular formula is C14H20N4. The fourth-order valence-corrected chi connectivity index (χ4v) is 2.61. The zero-order chi connectivity index (χ0) is 13.0. The molecule has 2 rings (SSSR count). The lowest BCUT2D eigenvalue weighted by Crippen LogP contribution is -2.37. The van der Waals surface area contributed by atoms with Crippen molar-refractivity contribution in [2.24, 2.45) is 5.92 Å². The summed E-state index contributed by atoms with van der Waals surface area (Å²) in [5, 5.41) is 9.07. The Labute approximate surface area is 109 Å². The second-order valence-electron chi connectivity index (χ2n) is 5.18. The smallest absolute Gasteiger partial charge is 0.163 e. The van der Waals surface area contributed by atoms with Gasteiger partial charge in [0.1, 0.15) is 6.07 Å². The molecule has 1 aromatic heterocycles. The van der Waals surface area contributed by atoms with Gasteiger partial charge in [0.25, 0.3) is 0 Å². The molecule has 1 aromatic rings.